The summed E-state index contributed by atoms with van der Waals surface area (Å²) in [6.07, 6.45) is 8.03. The van der Waals surface area contributed by atoms with E-state index in [-0.39, 0.29) is 17.5 Å². The van der Waals surface area contributed by atoms with Gasteiger partial charge in [-0.3, -0.25) is 4.79 Å². The van der Waals surface area contributed by atoms with E-state index in [0.29, 0.717) is 24.4 Å². The number of methoxy groups -OCH3 is 2. The Hall–Kier alpha value is -3.46. The molecule has 42 heavy (non-hydrogen) atoms. The maximum Gasteiger partial charge on any atom is 0.319 e. The van der Waals surface area contributed by atoms with E-state index in [4.69, 9.17) is 9.47 Å². The van der Waals surface area contributed by atoms with Crippen LogP contribution in [0.1, 0.15) is 55.3 Å². The maximum atomic E-state index is 13.4. The quantitative estimate of drug-likeness (QED) is 0.350. The van der Waals surface area contributed by atoms with Crippen molar-refractivity contribution in [1.82, 2.24) is 10.6 Å². The molecule has 4 aliphatic carbocycles. The molecule has 1 heterocycles. The molecule has 0 spiro atoms. The SMILES string of the molecule is COCCCNC(=O)c1cc(NC(=O)NC23CC4CC(CC(C4)C2)C3)ccc1N1CCN(c2ccccc2OC)CC1. The van der Waals surface area contributed by atoms with E-state index in [1.54, 1.807) is 14.2 Å². The lowest BCUT2D eigenvalue weighted by Gasteiger charge is -2.56. The van der Waals surface area contributed by atoms with Crippen molar-refractivity contribution >= 4 is 29.0 Å². The van der Waals surface area contributed by atoms with Crippen molar-refractivity contribution in [3.63, 3.8) is 0 Å². The Morgan fingerprint density at radius 1 is 0.881 bits per heavy atom. The number of benzene rings is 2. The van der Waals surface area contributed by atoms with Crippen LogP contribution in [0.15, 0.2) is 42.5 Å². The summed E-state index contributed by atoms with van der Waals surface area (Å²) in [4.78, 5) is 31.3. The first-order valence-electron chi connectivity index (χ1n) is 15.6. The smallest absolute Gasteiger partial charge is 0.319 e. The fourth-order valence-electron chi connectivity index (χ4n) is 8.33. The van der Waals surface area contributed by atoms with Gasteiger partial charge in [0.1, 0.15) is 5.75 Å². The lowest BCUT2D eigenvalue weighted by Crippen LogP contribution is -2.60. The first kappa shape index (κ1) is 28.6. The largest absolute Gasteiger partial charge is 0.495 e. The Kier molecular flexibility index (Phi) is 8.47. The summed E-state index contributed by atoms with van der Waals surface area (Å²) in [7, 11) is 3.36. The molecule has 1 saturated heterocycles. The fourth-order valence-corrected chi connectivity index (χ4v) is 8.33. The van der Waals surface area contributed by atoms with Gasteiger partial charge < -0.3 is 35.2 Å². The van der Waals surface area contributed by atoms with Crippen molar-refractivity contribution in [3.05, 3.63) is 48.0 Å². The number of urea groups is 1. The van der Waals surface area contributed by atoms with Crippen molar-refractivity contribution in [1.29, 1.82) is 0 Å². The molecule has 4 bridgehead atoms. The molecule has 5 fully saturated rings. The number of hydrogen-bond acceptors (Lipinski definition) is 6. The maximum absolute atomic E-state index is 13.4. The molecule has 2 aromatic rings. The fraction of sp³-hybridized carbons (Fsp3) is 0.576. The van der Waals surface area contributed by atoms with E-state index >= 15 is 0 Å². The van der Waals surface area contributed by atoms with E-state index in [2.05, 4.69) is 31.8 Å². The summed E-state index contributed by atoms with van der Waals surface area (Å²) in [5, 5.41) is 9.50. The highest BCUT2D eigenvalue weighted by Crippen LogP contribution is 2.55. The molecule has 0 atom stereocenters. The third-order valence-electron chi connectivity index (χ3n) is 9.77. The topological polar surface area (TPSA) is 95.2 Å². The van der Waals surface area contributed by atoms with Gasteiger partial charge in [-0.05, 0) is 93.0 Å². The number of nitrogens with zero attached hydrogens (tertiary/aromatic N) is 2. The summed E-state index contributed by atoms with van der Waals surface area (Å²) in [6.45, 7) is 4.26. The average molecular weight is 576 g/mol. The number of anilines is 3. The molecule has 226 valence electrons. The highest BCUT2D eigenvalue weighted by atomic mass is 16.5. The van der Waals surface area contributed by atoms with E-state index in [9.17, 15) is 9.59 Å². The summed E-state index contributed by atoms with van der Waals surface area (Å²) in [5.41, 5.74) is 3.11. The van der Waals surface area contributed by atoms with Crippen LogP contribution in [0, 0.1) is 17.8 Å². The molecule has 7 rings (SSSR count). The molecule has 0 aromatic heterocycles. The highest BCUT2D eigenvalue weighted by molar-refractivity contribution is 6.02. The van der Waals surface area contributed by atoms with E-state index in [1.807, 2.05) is 36.4 Å². The van der Waals surface area contributed by atoms with Crippen LogP contribution in [-0.2, 0) is 4.74 Å². The molecule has 0 unspecified atom stereocenters. The summed E-state index contributed by atoms with van der Waals surface area (Å²) in [6, 6.07) is 13.6. The van der Waals surface area contributed by atoms with Crippen molar-refractivity contribution in [2.45, 2.75) is 50.5 Å². The molecule has 2 aromatic carbocycles. The van der Waals surface area contributed by atoms with Gasteiger partial charge in [0.25, 0.3) is 5.91 Å². The molecular formula is C33H45N5O4. The van der Waals surface area contributed by atoms with Crippen LogP contribution in [0.3, 0.4) is 0 Å². The van der Waals surface area contributed by atoms with Gasteiger partial charge >= 0.3 is 6.03 Å². The second-order valence-electron chi connectivity index (χ2n) is 12.8. The van der Waals surface area contributed by atoms with Crippen molar-refractivity contribution in [3.8, 4) is 5.75 Å². The highest BCUT2D eigenvalue weighted by Gasteiger charge is 2.51. The first-order chi connectivity index (χ1) is 20.4. The monoisotopic (exact) mass is 575 g/mol. The Balaban J connectivity index is 1.15. The molecule has 5 aliphatic rings. The second kappa shape index (κ2) is 12.4. The zero-order valence-corrected chi connectivity index (χ0v) is 25.0. The van der Waals surface area contributed by atoms with Crippen molar-refractivity contribution < 1.29 is 19.1 Å². The number of rotatable bonds is 10. The van der Waals surface area contributed by atoms with E-state index in [1.165, 1.54) is 19.3 Å². The number of piperazine rings is 1. The third-order valence-corrected chi connectivity index (χ3v) is 9.77. The van der Waals surface area contributed by atoms with E-state index < -0.39 is 0 Å². The molecule has 3 amide bonds. The van der Waals surface area contributed by atoms with Crippen LogP contribution in [0.5, 0.6) is 5.75 Å². The van der Waals surface area contributed by atoms with Gasteiger partial charge in [-0.25, -0.2) is 4.79 Å². The van der Waals surface area contributed by atoms with Gasteiger partial charge in [0, 0.05) is 63.4 Å². The first-order valence-corrected chi connectivity index (χ1v) is 15.6. The molecule has 3 N–H and O–H groups in total. The number of carbonyl (C=O) groups excluding carboxylic acids is 2. The van der Waals surface area contributed by atoms with Crippen LogP contribution in [0.25, 0.3) is 0 Å². The predicted molar refractivity (Wildman–Crippen MR) is 166 cm³/mol. The number of ether oxygens (including phenoxy) is 2. The zero-order valence-electron chi connectivity index (χ0n) is 25.0. The second-order valence-corrected chi connectivity index (χ2v) is 12.8. The van der Waals surface area contributed by atoms with Gasteiger partial charge in [-0.2, -0.15) is 0 Å². The Morgan fingerprint density at radius 2 is 1.52 bits per heavy atom. The van der Waals surface area contributed by atoms with Crippen LogP contribution >= 0.6 is 0 Å². The summed E-state index contributed by atoms with van der Waals surface area (Å²) < 4.78 is 10.7. The lowest BCUT2D eigenvalue weighted by atomic mass is 9.53. The van der Waals surface area contributed by atoms with Crippen LogP contribution in [-0.4, -0.2) is 71.0 Å². The minimum Gasteiger partial charge on any atom is -0.495 e. The number of carbonyl (C=O) groups is 2. The average Bonchev–Trinajstić information content (AvgIpc) is 2.98. The van der Waals surface area contributed by atoms with E-state index in [0.717, 1.165) is 86.7 Å². The number of nitrogens with one attached hydrogen (secondary N) is 3. The van der Waals surface area contributed by atoms with Gasteiger partial charge in [0.05, 0.1) is 18.4 Å². The minimum atomic E-state index is -0.165. The predicted octanol–water partition coefficient (Wildman–Crippen LogP) is 4.88. The Morgan fingerprint density at radius 3 is 2.17 bits per heavy atom. The number of para-hydroxylation sites is 2. The van der Waals surface area contributed by atoms with Crippen LogP contribution < -0.4 is 30.5 Å². The minimum absolute atomic E-state index is 0.0680. The molecule has 1 aliphatic heterocycles. The van der Waals surface area contributed by atoms with Gasteiger partial charge in [-0.1, -0.05) is 12.1 Å². The van der Waals surface area contributed by atoms with Gasteiger partial charge in [-0.15, -0.1) is 0 Å². The Labute approximate surface area is 249 Å². The molecule has 9 nitrogen and oxygen atoms in total. The van der Waals surface area contributed by atoms with Crippen molar-refractivity contribution in [2.75, 3.05) is 68.7 Å². The van der Waals surface area contributed by atoms with Crippen LogP contribution in [0.4, 0.5) is 21.9 Å². The molecule has 0 radical (unpaired) electrons. The third kappa shape index (κ3) is 6.16. The summed E-state index contributed by atoms with van der Waals surface area (Å²) >= 11 is 0. The molecule has 9 heteroatoms. The Bertz CT molecular complexity index is 1240. The zero-order chi connectivity index (χ0) is 29.1. The number of hydrogen-bond donors (Lipinski definition) is 3. The number of amides is 3. The van der Waals surface area contributed by atoms with Crippen LogP contribution in [0.2, 0.25) is 0 Å². The normalized spacial score (nSPS) is 26.2. The van der Waals surface area contributed by atoms with Crippen molar-refractivity contribution in [2.24, 2.45) is 17.8 Å². The molecule has 4 saturated carbocycles. The van der Waals surface area contributed by atoms with Gasteiger partial charge in [0.15, 0.2) is 0 Å². The van der Waals surface area contributed by atoms with Gasteiger partial charge in [0.2, 0.25) is 0 Å². The molecular weight excluding hydrogens is 530 g/mol. The standard InChI is InChI=1S/C33H45N5O4/c1-41-15-5-10-34-31(39)27-19-26(35-32(40)36-33-20-23-16-24(21-33)18-25(17-23)22-33)8-9-28(27)37-11-13-38(14-12-37)29-6-3-4-7-30(29)42-2/h3-4,6-9,19,23-25H,5,10-18,20-22H2,1-2H3,(H,34,39)(H2,35,36,40). The lowest BCUT2D eigenvalue weighted by molar-refractivity contribution is -0.0127. The summed E-state index contributed by atoms with van der Waals surface area (Å²) in [5.74, 6) is 3.00.